The molecule has 0 aliphatic rings. The van der Waals surface area contributed by atoms with Gasteiger partial charge in [-0.25, -0.2) is 26.3 Å². The maximum Gasteiger partial charge on any atom is 0.321 e. The van der Waals surface area contributed by atoms with Crippen LogP contribution in [0.25, 0.3) is 0 Å². The van der Waals surface area contributed by atoms with Gasteiger partial charge in [-0.2, -0.15) is 0 Å². The Morgan fingerprint density at radius 3 is 2.17 bits per heavy atom. The molecule has 1 aromatic carbocycles. The Labute approximate surface area is 136 Å². The van der Waals surface area contributed by atoms with Gasteiger partial charge in [-0.15, -0.1) is 0 Å². The molecular formula is C13H20N2O6S2. The lowest BCUT2D eigenvalue weighted by Gasteiger charge is -2.18. The first-order valence-corrected chi connectivity index (χ1v) is 9.96. The monoisotopic (exact) mass is 364 g/mol. The van der Waals surface area contributed by atoms with Crippen molar-refractivity contribution in [2.75, 3.05) is 12.3 Å². The maximum absolute atomic E-state index is 11.9. The fraction of sp³-hybridized carbons (Fsp3) is 0.462. The number of carbonyl (C=O) groups is 1. The topological polar surface area (TPSA) is 130 Å². The van der Waals surface area contributed by atoms with Crippen molar-refractivity contribution in [1.29, 1.82) is 0 Å². The minimum absolute atomic E-state index is 0.0240. The number of benzene rings is 1. The molecule has 10 heteroatoms. The van der Waals surface area contributed by atoms with Gasteiger partial charge in [-0.3, -0.25) is 4.79 Å². The van der Waals surface area contributed by atoms with Gasteiger partial charge in [-0.1, -0.05) is 32.0 Å². The molecule has 0 spiro atoms. The third-order valence-corrected chi connectivity index (χ3v) is 5.79. The zero-order chi connectivity index (χ0) is 17.7. The Morgan fingerprint density at radius 1 is 1.13 bits per heavy atom. The van der Waals surface area contributed by atoms with E-state index in [4.69, 9.17) is 5.11 Å². The second-order valence-corrected chi connectivity index (χ2v) is 8.85. The molecule has 1 atom stereocenters. The van der Waals surface area contributed by atoms with Crippen molar-refractivity contribution in [2.24, 2.45) is 5.92 Å². The zero-order valence-corrected chi connectivity index (χ0v) is 14.4. The SMILES string of the molecule is CC(C)[C@@H](NS(=O)(=O)CCNS(=O)(=O)c1ccccc1)C(=O)O. The number of sulfonamides is 2. The normalized spacial score (nSPS) is 13.9. The van der Waals surface area contributed by atoms with Crippen LogP contribution in [0.1, 0.15) is 13.8 Å². The highest BCUT2D eigenvalue weighted by Gasteiger charge is 2.27. The van der Waals surface area contributed by atoms with Crippen LogP contribution in [-0.2, 0) is 24.8 Å². The van der Waals surface area contributed by atoms with Gasteiger partial charge in [0.1, 0.15) is 6.04 Å². The summed E-state index contributed by atoms with van der Waals surface area (Å²) in [6.45, 7) is 2.77. The molecule has 0 radical (unpaired) electrons. The molecular weight excluding hydrogens is 344 g/mol. The van der Waals surface area contributed by atoms with E-state index in [-0.39, 0.29) is 11.4 Å². The van der Waals surface area contributed by atoms with Gasteiger partial charge in [0.25, 0.3) is 0 Å². The predicted molar refractivity (Wildman–Crippen MR) is 84.8 cm³/mol. The standard InChI is InChI=1S/C13H20N2O6S2/c1-10(2)12(13(16)17)15-22(18,19)9-8-14-23(20,21)11-6-4-3-5-7-11/h3-7,10,12,14-15H,8-9H2,1-2H3,(H,16,17)/t12-/m1/s1. The minimum atomic E-state index is -3.93. The Bertz CT molecular complexity index is 729. The quantitative estimate of drug-likeness (QED) is 0.565. The molecule has 8 nitrogen and oxygen atoms in total. The van der Waals surface area contributed by atoms with Crippen LogP contribution in [0.3, 0.4) is 0 Å². The van der Waals surface area contributed by atoms with E-state index in [2.05, 4.69) is 9.44 Å². The van der Waals surface area contributed by atoms with Crippen molar-refractivity contribution < 1.29 is 26.7 Å². The van der Waals surface area contributed by atoms with E-state index in [1.807, 2.05) is 0 Å². The van der Waals surface area contributed by atoms with Crippen molar-refractivity contribution in [3.63, 3.8) is 0 Å². The molecule has 1 aromatic rings. The third-order valence-electron chi connectivity index (χ3n) is 2.96. The van der Waals surface area contributed by atoms with Gasteiger partial charge in [0.05, 0.1) is 10.6 Å². The van der Waals surface area contributed by atoms with Crippen LogP contribution >= 0.6 is 0 Å². The Kier molecular flexibility index (Phi) is 6.69. The van der Waals surface area contributed by atoms with Crippen LogP contribution in [0, 0.1) is 5.92 Å². The highest BCUT2D eigenvalue weighted by molar-refractivity contribution is 7.90. The number of aliphatic carboxylic acids is 1. The highest BCUT2D eigenvalue weighted by Crippen LogP contribution is 2.07. The van der Waals surface area contributed by atoms with Crippen molar-refractivity contribution in [3.05, 3.63) is 30.3 Å². The summed E-state index contributed by atoms with van der Waals surface area (Å²) in [6.07, 6.45) is 0. The summed E-state index contributed by atoms with van der Waals surface area (Å²) in [5.41, 5.74) is 0. The minimum Gasteiger partial charge on any atom is -0.480 e. The summed E-state index contributed by atoms with van der Waals surface area (Å²) >= 11 is 0. The van der Waals surface area contributed by atoms with Crippen molar-refractivity contribution >= 4 is 26.0 Å². The van der Waals surface area contributed by atoms with E-state index < -0.39 is 43.7 Å². The summed E-state index contributed by atoms with van der Waals surface area (Å²) in [7, 11) is -7.74. The zero-order valence-electron chi connectivity index (χ0n) is 12.8. The Morgan fingerprint density at radius 2 is 1.70 bits per heavy atom. The number of rotatable bonds is 9. The predicted octanol–water partition coefficient (Wildman–Crippen LogP) is -0.00650. The smallest absolute Gasteiger partial charge is 0.321 e. The van der Waals surface area contributed by atoms with Crippen molar-refractivity contribution in [3.8, 4) is 0 Å². The van der Waals surface area contributed by atoms with E-state index >= 15 is 0 Å². The van der Waals surface area contributed by atoms with Crippen LogP contribution < -0.4 is 9.44 Å². The lowest BCUT2D eigenvalue weighted by molar-refractivity contribution is -0.140. The maximum atomic E-state index is 11.9. The molecule has 130 valence electrons. The van der Waals surface area contributed by atoms with Crippen LogP contribution in [0.2, 0.25) is 0 Å². The van der Waals surface area contributed by atoms with E-state index in [1.54, 1.807) is 32.0 Å². The summed E-state index contributed by atoms with van der Waals surface area (Å²) in [5.74, 6) is -2.29. The number of hydrogen-bond acceptors (Lipinski definition) is 5. The molecule has 0 aliphatic heterocycles. The summed E-state index contributed by atoms with van der Waals surface area (Å²) in [5, 5.41) is 8.97. The molecule has 0 saturated carbocycles. The molecule has 0 aromatic heterocycles. The fourth-order valence-electron chi connectivity index (χ4n) is 1.72. The fourth-order valence-corrected chi connectivity index (χ4v) is 4.15. The van der Waals surface area contributed by atoms with Crippen molar-refractivity contribution in [1.82, 2.24) is 9.44 Å². The van der Waals surface area contributed by atoms with E-state index in [0.717, 1.165) is 0 Å². The molecule has 1 rings (SSSR count). The number of nitrogens with one attached hydrogen (secondary N) is 2. The third kappa shape index (κ3) is 6.26. The van der Waals surface area contributed by atoms with E-state index in [1.165, 1.54) is 12.1 Å². The second-order valence-electron chi connectivity index (χ2n) is 5.21. The molecule has 0 unspecified atom stereocenters. The number of carboxylic acids is 1. The van der Waals surface area contributed by atoms with Gasteiger partial charge in [0.2, 0.25) is 20.0 Å². The molecule has 0 saturated heterocycles. The van der Waals surface area contributed by atoms with Gasteiger partial charge in [0.15, 0.2) is 0 Å². The number of carboxylic acid groups (broad SMARTS) is 1. The molecule has 0 amide bonds. The first kappa shape index (κ1) is 19.6. The van der Waals surface area contributed by atoms with Crippen molar-refractivity contribution in [2.45, 2.75) is 24.8 Å². The van der Waals surface area contributed by atoms with Crippen LogP contribution in [0.5, 0.6) is 0 Å². The lowest BCUT2D eigenvalue weighted by Crippen LogP contribution is -2.46. The molecule has 0 fully saturated rings. The molecule has 0 aliphatic carbocycles. The van der Waals surface area contributed by atoms with Gasteiger partial charge in [-0.05, 0) is 18.1 Å². The Hall–Kier alpha value is -1.49. The lowest BCUT2D eigenvalue weighted by atomic mass is 10.1. The van der Waals surface area contributed by atoms with Crippen LogP contribution in [-0.4, -0.2) is 46.3 Å². The summed E-state index contributed by atoms with van der Waals surface area (Å²) in [6, 6.07) is 6.26. The molecule has 0 bridgehead atoms. The molecule has 23 heavy (non-hydrogen) atoms. The summed E-state index contributed by atoms with van der Waals surface area (Å²) in [4.78, 5) is 11.0. The largest absolute Gasteiger partial charge is 0.480 e. The average Bonchev–Trinajstić information content (AvgIpc) is 2.45. The average molecular weight is 364 g/mol. The summed E-state index contributed by atoms with van der Waals surface area (Å²) < 4.78 is 51.8. The van der Waals surface area contributed by atoms with Crippen LogP contribution in [0.15, 0.2) is 35.2 Å². The molecule has 0 heterocycles. The van der Waals surface area contributed by atoms with Gasteiger partial charge >= 0.3 is 5.97 Å². The second kappa shape index (κ2) is 7.86. The van der Waals surface area contributed by atoms with Gasteiger partial charge in [0, 0.05) is 6.54 Å². The highest BCUT2D eigenvalue weighted by atomic mass is 32.2. The van der Waals surface area contributed by atoms with Crippen LogP contribution in [0.4, 0.5) is 0 Å². The number of hydrogen-bond donors (Lipinski definition) is 3. The first-order valence-electron chi connectivity index (χ1n) is 6.83. The molecule has 3 N–H and O–H groups in total. The first-order chi connectivity index (χ1) is 10.6. The Balaban J connectivity index is 2.65. The van der Waals surface area contributed by atoms with Gasteiger partial charge < -0.3 is 5.11 Å². The van der Waals surface area contributed by atoms with E-state index in [9.17, 15) is 21.6 Å². The van der Waals surface area contributed by atoms with E-state index in [0.29, 0.717) is 0 Å².